The standard InChI is InChI=1S/C25H25N5O3/c1-16-9-19(14-27)10-17(2)25(16)33-21-11-22(28-15-24(31-3)32-4)30-23(12-21)29-20-7-5-18(13-26)6-8-20/h5-12,24H,15H2,1-4H3,(H2,28,29,30). The van der Waals surface area contributed by atoms with Crippen molar-refractivity contribution in [3.8, 4) is 23.6 Å². The Balaban J connectivity index is 1.92. The Kier molecular flexibility index (Phi) is 7.82. The van der Waals surface area contributed by atoms with Crippen LogP contribution in [0.15, 0.2) is 48.5 Å². The summed E-state index contributed by atoms with van der Waals surface area (Å²) in [5.41, 5.74) is 3.66. The van der Waals surface area contributed by atoms with Gasteiger partial charge in [-0.05, 0) is 61.4 Å². The van der Waals surface area contributed by atoms with E-state index >= 15 is 0 Å². The molecule has 1 heterocycles. The molecule has 0 amide bonds. The van der Waals surface area contributed by atoms with Gasteiger partial charge in [-0.25, -0.2) is 4.98 Å². The first kappa shape index (κ1) is 23.6. The number of hydrogen-bond donors (Lipinski definition) is 2. The maximum absolute atomic E-state index is 9.20. The van der Waals surface area contributed by atoms with Crippen molar-refractivity contribution in [1.82, 2.24) is 4.98 Å². The summed E-state index contributed by atoms with van der Waals surface area (Å²) in [5.74, 6) is 2.36. The van der Waals surface area contributed by atoms with Crippen LogP contribution in [0.5, 0.6) is 11.5 Å². The van der Waals surface area contributed by atoms with Crippen LogP contribution in [0.3, 0.4) is 0 Å². The highest BCUT2D eigenvalue weighted by Gasteiger charge is 2.12. The number of nitriles is 2. The Morgan fingerprint density at radius 2 is 1.48 bits per heavy atom. The molecule has 0 fully saturated rings. The third-order valence-corrected chi connectivity index (χ3v) is 4.87. The molecule has 0 radical (unpaired) electrons. The summed E-state index contributed by atoms with van der Waals surface area (Å²) in [5, 5.41) is 24.6. The quantitative estimate of drug-likeness (QED) is 0.444. The predicted octanol–water partition coefficient (Wildman–Crippen LogP) is 5.01. The second-order valence-corrected chi connectivity index (χ2v) is 7.32. The molecule has 168 valence electrons. The van der Waals surface area contributed by atoms with Gasteiger partial charge in [0.15, 0.2) is 6.29 Å². The number of nitrogens with zero attached hydrogens (tertiary/aromatic N) is 3. The Bertz CT molecular complexity index is 1170. The minimum Gasteiger partial charge on any atom is -0.457 e. The minimum atomic E-state index is -0.436. The number of benzene rings is 2. The zero-order valence-corrected chi connectivity index (χ0v) is 19.0. The van der Waals surface area contributed by atoms with Gasteiger partial charge in [0.1, 0.15) is 23.1 Å². The molecule has 0 aliphatic rings. The van der Waals surface area contributed by atoms with Crippen molar-refractivity contribution in [2.24, 2.45) is 0 Å². The van der Waals surface area contributed by atoms with E-state index < -0.39 is 6.29 Å². The summed E-state index contributed by atoms with van der Waals surface area (Å²) in [6.45, 7) is 4.19. The van der Waals surface area contributed by atoms with Crippen LogP contribution in [-0.4, -0.2) is 32.0 Å². The first-order valence-corrected chi connectivity index (χ1v) is 10.2. The summed E-state index contributed by atoms with van der Waals surface area (Å²) in [4.78, 5) is 4.60. The molecule has 2 N–H and O–H groups in total. The molecule has 8 nitrogen and oxygen atoms in total. The fraction of sp³-hybridized carbons (Fsp3) is 0.240. The van der Waals surface area contributed by atoms with Gasteiger partial charge in [0.2, 0.25) is 0 Å². The molecule has 0 aliphatic carbocycles. The number of nitrogens with one attached hydrogen (secondary N) is 2. The monoisotopic (exact) mass is 443 g/mol. The van der Waals surface area contributed by atoms with Gasteiger partial charge in [-0.2, -0.15) is 10.5 Å². The number of hydrogen-bond acceptors (Lipinski definition) is 8. The van der Waals surface area contributed by atoms with Gasteiger partial charge in [-0.15, -0.1) is 0 Å². The van der Waals surface area contributed by atoms with E-state index in [1.54, 1.807) is 50.6 Å². The smallest absolute Gasteiger partial charge is 0.173 e. The second-order valence-electron chi connectivity index (χ2n) is 7.32. The van der Waals surface area contributed by atoms with Gasteiger partial charge in [-0.3, -0.25) is 0 Å². The molecule has 0 spiro atoms. The molecule has 3 aromatic rings. The third kappa shape index (κ3) is 6.20. The summed E-state index contributed by atoms with van der Waals surface area (Å²) in [6, 6.07) is 18.5. The van der Waals surface area contributed by atoms with Gasteiger partial charge < -0.3 is 24.8 Å². The molecule has 2 aromatic carbocycles. The molecule has 0 saturated carbocycles. The lowest BCUT2D eigenvalue weighted by atomic mass is 10.1. The zero-order chi connectivity index (χ0) is 23.8. The SMILES string of the molecule is COC(CNc1cc(Oc2c(C)cc(C#N)cc2C)cc(Nc2ccc(C#N)cc2)n1)OC. The zero-order valence-electron chi connectivity index (χ0n) is 19.0. The van der Waals surface area contributed by atoms with E-state index in [0.29, 0.717) is 40.8 Å². The van der Waals surface area contributed by atoms with Crippen molar-refractivity contribution in [2.75, 3.05) is 31.4 Å². The normalized spacial score (nSPS) is 10.4. The van der Waals surface area contributed by atoms with Crippen LogP contribution in [-0.2, 0) is 9.47 Å². The van der Waals surface area contributed by atoms with E-state index in [2.05, 4.69) is 27.8 Å². The number of ether oxygens (including phenoxy) is 3. The number of pyridine rings is 1. The molecule has 33 heavy (non-hydrogen) atoms. The summed E-state index contributed by atoms with van der Waals surface area (Å²) < 4.78 is 16.7. The molecule has 0 bridgehead atoms. The summed E-state index contributed by atoms with van der Waals surface area (Å²) >= 11 is 0. The molecule has 3 rings (SSSR count). The number of rotatable bonds is 9. The van der Waals surface area contributed by atoms with E-state index in [-0.39, 0.29) is 0 Å². The van der Waals surface area contributed by atoms with Crippen LogP contribution >= 0.6 is 0 Å². The fourth-order valence-electron chi connectivity index (χ4n) is 3.24. The molecular formula is C25H25N5O3. The number of aryl methyl sites for hydroxylation is 2. The molecule has 1 aromatic heterocycles. The average molecular weight is 444 g/mol. The van der Waals surface area contributed by atoms with Crippen LogP contribution in [0.25, 0.3) is 0 Å². The molecule has 0 atom stereocenters. The Hall–Kier alpha value is -4.11. The lowest BCUT2D eigenvalue weighted by Crippen LogP contribution is -2.24. The van der Waals surface area contributed by atoms with Gasteiger partial charge in [0, 0.05) is 32.0 Å². The molecule has 0 saturated heterocycles. The second kappa shape index (κ2) is 11.0. The van der Waals surface area contributed by atoms with Crippen LogP contribution in [0.2, 0.25) is 0 Å². The lowest BCUT2D eigenvalue weighted by molar-refractivity contribution is -0.0914. The van der Waals surface area contributed by atoms with Crippen LogP contribution in [0.4, 0.5) is 17.3 Å². The molecule has 0 aliphatic heterocycles. The summed E-state index contributed by atoms with van der Waals surface area (Å²) in [7, 11) is 3.13. The van der Waals surface area contributed by atoms with E-state index in [1.807, 2.05) is 26.0 Å². The van der Waals surface area contributed by atoms with Crippen molar-refractivity contribution < 1.29 is 14.2 Å². The van der Waals surface area contributed by atoms with Crippen LogP contribution in [0.1, 0.15) is 22.3 Å². The van der Waals surface area contributed by atoms with E-state index in [9.17, 15) is 5.26 Å². The molecular weight excluding hydrogens is 418 g/mol. The lowest BCUT2D eigenvalue weighted by Gasteiger charge is -2.17. The van der Waals surface area contributed by atoms with Crippen LogP contribution in [0, 0.1) is 36.5 Å². The maximum Gasteiger partial charge on any atom is 0.173 e. The molecule has 8 heteroatoms. The predicted molar refractivity (Wildman–Crippen MR) is 126 cm³/mol. The highest BCUT2D eigenvalue weighted by Crippen LogP contribution is 2.32. The highest BCUT2D eigenvalue weighted by atomic mass is 16.7. The van der Waals surface area contributed by atoms with Gasteiger partial charge in [0.05, 0.1) is 29.8 Å². The largest absolute Gasteiger partial charge is 0.457 e. The first-order chi connectivity index (χ1) is 15.9. The van der Waals surface area contributed by atoms with E-state index in [1.165, 1.54) is 0 Å². The number of methoxy groups -OCH3 is 2. The minimum absolute atomic E-state index is 0.384. The summed E-state index contributed by atoms with van der Waals surface area (Å²) in [6.07, 6.45) is -0.436. The van der Waals surface area contributed by atoms with Crippen molar-refractivity contribution in [3.05, 3.63) is 70.8 Å². The van der Waals surface area contributed by atoms with E-state index in [4.69, 9.17) is 19.5 Å². The Morgan fingerprint density at radius 3 is 2.06 bits per heavy atom. The highest BCUT2D eigenvalue weighted by molar-refractivity contribution is 5.62. The van der Waals surface area contributed by atoms with Crippen molar-refractivity contribution in [1.29, 1.82) is 10.5 Å². The topological polar surface area (TPSA) is 112 Å². The number of anilines is 3. The van der Waals surface area contributed by atoms with Crippen molar-refractivity contribution in [3.63, 3.8) is 0 Å². The maximum atomic E-state index is 9.20. The number of aromatic nitrogens is 1. The first-order valence-electron chi connectivity index (χ1n) is 10.2. The van der Waals surface area contributed by atoms with Gasteiger partial charge in [0.25, 0.3) is 0 Å². The van der Waals surface area contributed by atoms with Gasteiger partial charge >= 0.3 is 0 Å². The third-order valence-electron chi connectivity index (χ3n) is 4.87. The van der Waals surface area contributed by atoms with E-state index in [0.717, 1.165) is 16.8 Å². The Labute approximate surface area is 193 Å². The van der Waals surface area contributed by atoms with Crippen molar-refractivity contribution >= 4 is 17.3 Å². The average Bonchev–Trinajstić information content (AvgIpc) is 2.82. The van der Waals surface area contributed by atoms with Gasteiger partial charge in [-0.1, -0.05) is 0 Å². The fourth-order valence-corrected chi connectivity index (χ4v) is 3.24. The molecule has 0 unspecified atom stereocenters. The van der Waals surface area contributed by atoms with Crippen molar-refractivity contribution in [2.45, 2.75) is 20.1 Å². The Morgan fingerprint density at radius 1 is 0.879 bits per heavy atom. The van der Waals surface area contributed by atoms with Crippen LogP contribution < -0.4 is 15.4 Å².